The minimum absolute atomic E-state index is 0.0725. The quantitative estimate of drug-likeness (QED) is 0.929. The summed E-state index contributed by atoms with van der Waals surface area (Å²) in [5.41, 5.74) is 0.263. The highest BCUT2D eigenvalue weighted by Gasteiger charge is 2.41. The number of rotatable bonds is 3. The highest BCUT2D eigenvalue weighted by molar-refractivity contribution is 8.00. The van der Waals surface area contributed by atoms with Crippen molar-refractivity contribution >= 4 is 17.7 Å². The van der Waals surface area contributed by atoms with Crippen molar-refractivity contribution in [1.29, 1.82) is 0 Å². The van der Waals surface area contributed by atoms with Crippen molar-refractivity contribution in [2.24, 2.45) is 0 Å². The molecule has 20 heavy (non-hydrogen) atoms. The minimum atomic E-state index is -0.880. The molecule has 2 saturated heterocycles. The maximum absolute atomic E-state index is 10.8. The number of thioether (sulfide) groups is 1. The molecule has 0 aliphatic carbocycles. The molecule has 0 aromatic heterocycles. The highest BCUT2D eigenvalue weighted by Crippen LogP contribution is 2.39. The van der Waals surface area contributed by atoms with Crippen LogP contribution in [0.1, 0.15) is 29.6 Å². The van der Waals surface area contributed by atoms with Crippen molar-refractivity contribution in [2.75, 3.05) is 19.8 Å². The van der Waals surface area contributed by atoms with E-state index >= 15 is 0 Å². The Morgan fingerprint density at radius 1 is 1.30 bits per heavy atom. The first kappa shape index (κ1) is 13.9. The molecule has 2 unspecified atom stereocenters. The number of carboxylic acids is 1. The van der Waals surface area contributed by atoms with E-state index in [1.807, 2.05) is 23.9 Å². The van der Waals surface area contributed by atoms with Crippen molar-refractivity contribution in [2.45, 2.75) is 35.0 Å². The third-order valence-corrected chi connectivity index (χ3v) is 5.20. The monoisotopic (exact) mass is 294 g/mol. The van der Waals surface area contributed by atoms with Gasteiger partial charge in [0.15, 0.2) is 0 Å². The smallest absolute Gasteiger partial charge is 0.335 e. The number of aromatic carboxylic acids is 1. The Balaban J connectivity index is 1.63. The molecule has 2 aliphatic heterocycles. The molecular weight excluding hydrogens is 276 g/mol. The van der Waals surface area contributed by atoms with E-state index in [2.05, 4.69) is 0 Å². The van der Waals surface area contributed by atoms with Crippen molar-refractivity contribution in [3.05, 3.63) is 29.8 Å². The Labute approximate surface area is 122 Å². The summed E-state index contributed by atoms with van der Waals surface area (Å²) >= 11 is 1.82. The van der Waals surface area contributed by atoms with E-state index in [9.17, 15) is 4.79 Å². The van der Waals surface area contributed by atoms with Gasteiger partial charge in [-0.1, -0.05) is 0 Å². The lowest BCUT2D eigenvalue weighted by Gasteiger charge is -2.36. The number of hydrogen-bond acceptors (Lipinski definition) is 4. The molecule has 2 aliphatic rings. The molecule has 0 saturated carbocycles. The van der Waals surface area contributed by atoms with Gasteiger partial charge >= 0.3 is 5.97 Å². The van der Waals surface area contributed by atoms with Gasteiger partial charge in [-0.05, 0) is 37.1 Å². The van der Waals surface area contributed by atoms with Gasteiger partial charge in [0.05, 0.1) is 17.8 Å². The van der Waals surface area contributed by atoms with Crippen LogP contribution in [-0.2, 0) is 9.47 Å². The number of benzene rings is 1. The lowest BCUT2D eigenvalue weighted by molar-refractivity contribution is -0.0769. The topological polar surface area (TPSA) is 55.8 Å². The Morgan fingerprint density at radius 2 is 2.10 bits per heavy atom. The molecule has 4 nitrogen and oxygen atoms in total. The number of ether oxygens (including phenoxy) is 2. The zero-order valence-corrected chi connectivity index (χ0v) is 12.0. The molecule has 5 heteroatoms. The van der Waals surface area contributed by atoms with Gasteiger partial charge in [-0.15, -0.1) is 11.8 Å². The first-order valence-corrected chi connectivity index (χ1v) is 7.77. The maximum Gasteiger partial charge on any atom is 0.335 e. The fourth-order valence-corrected chi connectivity index (χ4v) is 4.09. The predicted molar refractivity (Wildman–Crippen MR) is 76.4 cm³/mol. The van der Waals surface area contributed by atoms with Crippen LogP contribution in [-0.4, -0.2) is 41.7 Å². The molecule has 1 N–H and O–H groups in total. The lowest BCUT2D eigenvalue weighted by Crippen LogP contribution is -2.41. The highest BCUT2D eigenvalue weighted by atomic mass is 32.2. The van der Waals surface area contributed by atoms with Gasteiger partial charge in [-0.3, -0.25) is 0 Å². The second-order valence-electron chi connectivity index (χ2n) is 5.40. The lowest BCUT2D eigenvalue weighted by atomic mass is 9.93. The molecule has 2 fully saturated rings. The van der Waals surface area contributed by atoms with E-state index in [4.69, 9.17) is 14.6 Å². The largest absolute Gasteiger partial charge is 0.478 e. The number of hydrogen-bond donors (Lipinski definition) is 1. The summed E-state index contributed by atoms with van der Waals surface area (Å²) in [6.45, 7) is 2.29. The Bertz CT molecular complexity index is 479. The van der Waals surface area contributed by atoms with Crippen LogP contribution < -0.4 is 0 Å². The van der Waals surface area contributed by atoms with E-state index in [0.717, 1.165) is 37.4 Å². The van der Waals surface area contributed by atoms with Crippen LogP contribution in [0.15, 0.2) is 29.2 Å². The van der Waals surface area contributed by atoms with Gasteiger partial charge in [0.25, 0.3) is 0 Å². The molecule has 108 valence electrons. The molecule has 3 rings (SSSR count). The zero-order chi connectivity index (χ0) is 14.0. The second-order valence-corrected chi connectivity index (χ2v) is 6.77. The molecule has 2 heterocycles. The van der Waals surface area contributed by atoms with E-state index in [1.54, 1.807) is 12.1 Å². The summed E-state index contributed by atoms with van der Waals surface area (Å²) in [6, 6.07) is 7.11. The van der Waals surface area contributed by atoms with Crippen LogP contribution in [0.5, 0.6) is 0 Å². The van der Waals surface area contributed by atoms with Crippen molar-refractivity contribution in [1.82, 2.24) is 0 Å². The van der Waals surface area contributed by atoms with E-state index in [0.29, 0.717) is 17.4 Å². The normalized spacial score (nSPS) is 29.7. The van der Waals surface area contributed by atoms with Gasteiger partial charge in [-0.2, -0.15) is 0 Å². The van der Waals surface area contributed by atoms with E-state index < -0.39 is 5.97 Å². The summed E-state index contributed by atoms with van der Waals surface area (Å²) in [4.78, 5) is 12.0. The van der Waals surface area contributed by atoms with Crippen LogP contribution in [0, 0.1) is 0 Å². The van der Waals surface area contributed by atoms with Crippen LogP contribution in [0.2, 0.25) is 0 Å². The summed E-state index contributed by atoms with van der Waals surface area (Å²) in [7, 11) is 0. The summed E-state index contributed by atoms with van der Waals surface area (Å²) in [5.74, 6) is -0.880. The van der Waals surface area contributed by atoms with Gasteiger partial charge in [0.2, 0.25) is 0 Å². The summed E-state index contributed by atoms with van der Waals surface area (Å²) in [6.07, 6.45) is 3.04. The van der Waals surface area contributed by atoms with Crippen LogP contribution in [0.25, 0.3) is 0 Å². The molecule has 1 spiro atoms. The average Bonchev–Trinajstić information content (AvgIpc) is 2.87. The number of carboxylic acid groups (broad SMARTS) is 1. The van der Waals surface area contributed by atoms with Crippen LogP contribution >= 0.6 is 11.8 Å². The fraction of sp³-hybridized carbons (Fsp3) is 0.533. The molecule has 0 radical (unpaired) electrons. The molecule has 2 atom stereocenters. The third kappa shape index (κ3) is 3.00. The number of carbonyl (C=O) groups is 1. The maximum atomic E-state index is 10.8. The first-order valence-electron chi connectivity index (χ1n) is 6.89. The molecule has 0 bridgehead atoms. The van der Waals surface area contributed by atoms with Crippen molar-refractivity contribution in [3.8, 4) is 0 Å². The van der Waals surface area contributed by atoms with Gasteiger partial charge in [0, 0.05) is 29.8 Å². The standard InChI is InChI=1S/C15H18O4S/c16-14(17)11-1-3-12(4-2-11)20-13-5-7-19-15(9-13)6-8-18-10-15/h1-4,13H,5-10H2,(H,16,17). The Morgan fingerprint density at radius 3 is 2.75 bits per heavy atom. The van der Waals surface area contributed by atoms with Gasteiger partial charge < -0.3 is 14.6 Å². The Kier molecular flexibility index (Phi) is 4.01. The first-order chi connectivity index (χ1) is 9.67. The average molecular weight is 294 g/mol. The van der Waals surface area contributed by atoms with Crippen LogP contribution in [0.3, 0.4) is 0 Å². The third-order valence-electron chi connectivity index (χ3n) is 3.92. The van der Waals surface area contributed by atoms with Gasteiger partial charge in [0.1, 0.15) is 0 Å². The minimum Gasteiger partial charge on any atom is -0.478 e. The fourth-order valence-electron chi connectivity index (χ4n) is 2.82. The van der Waals surface area contributed by atoms with Gasteiger partial charge in [-0.25, -0.2) is 4.79 Å². The zero-order valence-electron chi connectivity index (χ0n) is 11.2. The Hall–Kier alpha value is -1.04. The molecule has 1 aromatic rings. The molecule has 0 amide bonds. The second kappa shape index (κ2) is 5.76. The van der Waals surface area contributed by atoms with E-state index in [1.165, 1.54) is 0 Å². The summed E-state index contributed by atoms with van der Waals surface area (Å²) in [5, 5.41) is 9.41. The molecule has 1 aromatic carbocycles. The van der Waals surface area contributed by atoms with Crippen molar-refractivity contribution in [3.63, 3.8) is 0 Å². The van der Waals surface area contributed by atoms with Crippen molar-refractivity contribution < 1.29 is 19.4 Å². The predicted octanol–water partition coefficient (Wildman–Crippen LogP) is 2.82. The van der Waals surface area contributed by atoms with Crippen LogP contribution in [0.4, 0.5) is 0 Å². The molecular formula is C15H18O4S. The SMILES string of the molecule is O=C(O)c1ccc(SC2CCOC3(CCOC3)C2)cc1. The summed E-state index contributed by atoms with van der Waals surface area (Å²) < 4.78 is 11.4. The van der Waals surface area contributed by atoms with E-state index in [-0.39, 0.29) is 5.60 Å².